The van der Waals surface area contributed by atoms with E-state index >= 15 is 0 Å². The zero-order valence-electron chi connectivity index (χ0n) is 11.0. The Balaban J connectivity index is 0.00000180. The predicted octanol–water partition coefficient (Wildman–Crippen LogP) is 2.37. The van der Waals surface area contributed by atoms with E-state index in [1.165, 1.54) is 0 Å². The molecule has 1 atom stereocenters. The van der Waals surface area contributed by atoms with Crippen molar-refractivity contribution < 1.29 is 4.92 Å². The molecule has 1 aromatic carbocycles. The molecule has 1 fully saturated rings. The van der Waals surface area contributed by atoms with Crippen LogP contribution in [0, 0.1) is 10.1 Å². The molecule has 1 heterocycles. The minimum atomic E-state index is -0.290. The molecule has 5 nitrogen and oxygen atoms in total. The van der Waals surface area contributed by atoms with Gasteiger partial charge in [0, 0.05) is 37.3 Å². The van der Waals surface area contributed by atoms with Crippen molar-refractivity contribution in [3.63, 3.8) is 0 Å². The summed E-state index contributed by atoms with van der Waals surface area (Å²) < 4.78 is 0. The number of rotatable bonds is 3. The van der Waals surface area contributed by atoms with E-state index in [0.717, 1.165) is 38.2 Å². The summed E-state index contributed by atoms with van der Waals surface area (Å²) in [6, 6.07) is 7.13. The number of hydrogen-bond acceptors (Lipinski definition) is 4. The molecule has 1 unspecified atom stereocenters. The number of benzene rings is 1. The zero-order chi connectivity index (χ0) is 13.0. The highest BCUT2D eigenvalue weighted by Crippen LogP contribution is 2.28. The molecule has 1 aliphatic rings. The van der Waals surface area contributed by atoms with Crippen LogP contribution in [0.4, 0.5) is 5.69 Å². The molecule has 106 valence electrons. The van der Waals surface area contributed by atoms with Gasteiger partial charge < -0.3 is 5.32 Å². The van der Waals surface area contributed by atoms with Gasteiger partial charge in [-0.1, -0.05) is 18.2 Å². The monoisotopic (exact) mass is 285 g/mol. The first-order valence-corrected chi connectivity index (χ1v) is 6.38. The average Bonchev–Trinajstić information content (AvgIpc) is 2.66. The minimum absolute atomic E-state index is 0. The molecule has 19 heavy (non-hydrogen) atoms. The maximum Gasteiger partial charge on any atom is 0.274 e. The van der Waals surface area contributed by atoms with Crippen molar-refractivity contribution >= 4 is 18.1 Å². The highest BCUT2D eigenvalue weighted by Gasteiger charge is 2.23. The summed E-state index contributed by atoms with van der Waals surface area (Å²) >= 11 is 0. The highest BCUT2D eigenvalue weighted by atomic mass is 35.5. The van der Waals surface area contributed by atoms with Crippen molar-refractivity contribution in [2.45, 2.75) is 19.4 Å². The van der Waals surface area contributed by atoms with Crippen LogP contribution in [-0.4, -0.2) is 36.0 Å². The molecule has 0 aliphatic carbocycles. The van der Waals surface area contributed by atoms with Crippen LogP contribution in [0.25, 0.3) is 0 Å². The summed E-state index contributed by atoms with van der Waals surface area (Å²) in [5.74, 6) is 0. The van der Waals surface area contributed by atoms with Gasteiger partial charge in [0.25, 0.3) is 5.69 Å². The Hall–Kier alpha value is -1.17. The number of nitro benzene ring substituents is 1. The van der Waals surface area contributed by atoms with Crippen LogP contribution < -0.4 is 5.32 Å². The molecule has 1 aromatic rings. The van der Waals surface area contributed by atoms with E-state index in [-0.39, 0.29) is 29.1 Å². The maximum absolute atomic E-state index is 11.1. The molecule has 0 bridgehead atoms. The van der Waals surface area contributed by atoms with E-state index in [4.69, 9.17) is 0 Å². The van der Waals surface area contributed by atoms with Gasteiger partial charge in [0.2, 0.25) is 0 Å². The number of para-hydroxylation sites is 1. The van der Waals surface area contributed by atoms with Gasteiger partial charge in [-0.2, -0.15) is 0 Å². The molecule has 2 rings (SSSR count). The Kier molecular flexibility index (Phi) is 6.21. The van der Waals surface area contributed by atoms with Crippen LogP contribution in [0.2, 0.25) is 0 Å². The Morgan fingerprint density at radius 1 is 1.32 bits per heavy atom. The van der Waals surface area contributed by atoms with Gasteiger partial charge in [0.1, 0.15) is 0 Å². The van der Waals surface area contributed by atoms with Crippen molar-refractivity contribution in [3.05, 3.63) is 39.9 Å². The maximum atomic E-state index is 11.1. The molecule has 0 aromatic heterocycles. The first-order chi connectivity index (χ1) is 8.70. The topological polar surface area (TPSA) is 58.4 Å². The van der Waals surface area contributed by atoms with Crippen LogP contribution in [0.5, 0.6) is 0 Å². The van der Waals surface area contributed by atoms with E-state index < -0.39 is 0 Å². The third kappa shape index (κ3) is 3.89. The average molecular weight is 286 g/mol. The third-order valence-corrected chi connectivity index (χ3v) is 3.51. The lowest BCUT2D eigenvalue weighted by Gasteiger charge is -2.27. The number of nitrogens with zero attached hydrogens (tertiary/aromatic N) is 2. The summed E-state index contributed by atoms with van der Waals surface area (Å²) in [5, 5.41) is 14.4. The summed E-state index contributed by atoms with van der Waals surface area (Å²) in [7, 11) is 0. The molecule has 0 spiro atoms. The second-order valence-electron chi connectivity index (χ2n) is 4.63. The quantitative estimate of drug-likeness (QED) is 0.684. The summed E-state index contributed by atoms with van der Waals surface area (Å²) in [6.45, 7) is 5.95. The normalized spacial score (nSPS) is 18.2. The number of nitro groups is 1. The highest BCUT2D eigenvalue weighted by molar-refractivity contribution is 5.85. The molecule has 0 amide bonds. The van der Waals surface area contributed by atoms with Crippen LogP contribution >= 0.6 is 12.4 Å². The number of nitrogens with one attached hydrogen (secondary N) is 1. The molecule has 1 saturated heterocycles. The summed E-state index contributed by atoms with van der Waals surface area (Å²) in [4.78, 5) is 13.1. The van der Waals surface area contributed by atoms with E-state index in [9.17, 15) is 10.1 Å². The van der Waals surface area contributed by atoms with Crippen molar-refractivity contribution in [3.8, 4) is 0 Å². The van der Waals surface area contributed by atoms with Crippen molar-refractivity contribution in [1.82, 2.24) is 10.2 Å². The molecule has 1 aliphatic heterocycles. The first kappa shape index (κ1) is 15.9. The first-order valence-electron chi connectivity index (χ1n) is 6.38. The second kappa shape index (κ2) is 7.43. The van der Waals surface area contributed by atoms with Gasteiger partial charge >= 0.3 is 0 Å². The Morgan fingerprint density at radius 2 is 2.05 bits per heavy atom. The van der Waals surface area contributed by atoms with Crippen molar-refractivity contribution in [2.24, 2.45) is 0 Å². The van der Waals surface area contributed by atoms with E-state index in [0.29, 0.717) is 0 Å². The SMILES string of the molecule is CC(c1ccccc1[N+](=O)[O-])N1CCCNCC1.Cl. The largest absolute Gasteiger partial charge is 0.315 e. The van der Waals surface area contributed by atoms with Gasteiger partial charge in [-0.05, 0) is 19.9 Å². The minimum Gasteiger partial charge on any atom is -0.315 e. The fourth-order valence-corrected chi connectivity index (χ4v) is 2.46. The molecule has 1 N–H and O–H groups in total. The van der Waals surface area contributed by atoms with E-state index in [1.807, 2.05) is 19.1 Å². The lowest BCUT2D eigenvalue weighted by Crippen LogP contribution is -2.31. The molecule has 0 radical (unpaired) electrons. The standard InChI is InChI=1S/C13H19N3O2.ClH/c1-11(15-9-4-7-14-8-10-15)12-5-2-3-6-13(12)16(17)18;/h2-3,5-6,11,14H,4,7-10H2,1H3;1H. The molecular weight excluding hydrogens is 266 g/mol. The van der Waals surface area contributed by atoms with Gasteiger partial charge in [-0.3, -0.25) is 15.0 Å². The van der Waals surface area contributed by atoms with Crippen LogP contribution in [-0.2, 0) is 0 Å². The van der Waals surface area contributed by atoms with Crippen LogP contribution in [0.1, 0.15) is 24.9 Å². The molecule has 0 saturated carbocycles. The van der Waals surface area contributed by atoms with Crippen LogP contribution in [0.15, 0.2) is 24.3 Å². The number of hydrogen-bond donors (Lipinski definition) is 1. The van der Waals surface area contributed by atoms with Gasteiger partial charge in [0.05, 0.1) is 4.92 Å². The third-order valence-electron chi connectivity index (χ3n) is 3.51. The Labute approximate surface area is 119 Å². The predicted molar refractivity (Wildman–Crippen MR) is 77.8 cm³/mol. The lowest BCUT2D eigenvalue weighted by atomic mass is 10.0. The van der Waals surface area contributed by atoms with Gasteiger partial charge in [-0.15, -0.1) is 12.4 Å². The second-order valence-corrected chi connectivity index (χ2v) is 4.63. The van der Waals surface area contributed by atoms with Crippen molar-refractivity contribution in [2.75, 3.05) is 26.2 Å². The zero-order valence-corrected chi connectivity index (χ0v) is 11.9. The number of halogens is 1. The smallest absolute Gasteiger partial charge is 0.274 e. The molecule has 6 heteroatoms. The lowest BCUT2D eigenvalue weighted by molar-refractivity contribution is -0.386. The van der Waals surface area contributed by atoms with Crippen LogP contribution in [0.3, 0.4) is 0 Å². The Morgan fingerprint density at radius 3 is 2.79 bits per heavy atom. The van der Waals surface area contributed by atoms with Gasteiger partial charge in [-0.25, -0.2) is 0 Å². The summed E-state index contributed by atoms with van der Waals surface area (Å²) in [6.07, 6.45) is 1.09. The fourth-order valence-electron chi connectivity index (χ4n) is 2.46. The Bertz CT molecular complexity index is 420. The fraction of sp³-hybridized carbons (Fsp3) is 0.538. The van der Waals surface area contributed by atoms with E-state index in [1.54, 1.807) is 12.1 Å². The molecular formula is C13H20ClN3O2. The summed E-state index contributed by atoms with van der Waals surface area (Å²) in [5.41, 5.74) is 1.03. The van der Waals surface area contributed by atoms with E-state index in [2.05, 4.69) is 10.2 Å². The van der Waals surface area contributed by atoms with Crippen molar-refractivity contribution in [1.29, 1.82) is 0 Å². The van der Waals surface area contributed by atoms with Gasteiger partial charge in [0.15, 0.2) is 0 Å².